The van der Waals surface area contributed by atoms with Gasteiger partial charge in [0.1, 0.15) is 0 Å². The molecule has 140 valence electrons. The molecule has 0 unspecified atom stereocenters. The van der Waals surface area contributed by atoms with E-state index >= 15 is 0 Å². The van der Waals surface area contributed by atoms with Gasteiger partial charge in [0, 0.05) is 26.1 Å². The monoisotopic (exact) mass is 357 g/mol. The van der Waals surface area contributed by atoms with Gasteiger partial charge in [-0.2, -0.15) is 0 Å². The molecule has 6 heteroatoms. The standard InChI is InChI=1S/C20H27N3O3/c24-19(21-12-6-14-26-16-7-2-1-3-8-16)11-13-23-15-22-18-10-5-4-9-17(18)20(23)25/h4-5,9-10,15-16H,1-3,6-8,11-14H2,(H,21,24). The van der Waals surface area contributed by atoms with E-state index in [9.17, 15) is 9.59 Å². The second-order valence-electron chi connectivity index (χ2n) is 6.84. The van der Waals surface area contributed by atoms with Crippen molar-refractivity contribution in [2.75, 3.05) is 13.2 Å². The molecule has 0 bridgehead atoms. The van der Waals surface area contributed by atoms with E-state index < -0.39 is 0 Å². The van der Waals surface area contributed by atoms with Gasteiger partial charge in [0.15, 0.2) is 0 Å². The van der Waals surface area contributed by atoms with Crippen molar-refractivity contribution in [1.82, 2.24) is 14.9 Å². The van der Waals surface area contributed by atoms with Crippen molar-refractivity contribution < 1.29 is 9.53 Å². The van der Waals surface area contributed by atoms with Gasteiger partial charge in [0.25, 0.3) is 5.56 Å². The van der Waals surface area contributed by atoms with Crippen molar-refractivity contribution >= 4 is 16.8 Å². The number of fused-ring (bicyclic) bond motifs is 1. The van der Waals surface area contributed by atoms with Gasteiger partial charge in [-0.3, -0.25) is 14.2 Å². The van der Waals surface area contributed by atoms with E-state index in [4.69, 9.17) is 4.74 Å². The fourth-order valence-electron chi connectivity index (χ4n) is 3.36. The summed E-state index contributed by atoms with van der Waals surface area (Å²) < 4.78 is 7.34. The second-order valence-corrected chi connectivity index (χ2v) is 6.84. The zero-order valence-corrected chi connectivity index (χ0v) is 15.2. The number of para-hydroxylation sites is 1. The molecular formula is C20H27N3O3. The lowest BCUT2D eigenvalue weighted by atomic mass is 9.98. The van der Waals surface area contributed by atoms with E-state index in [1.165, 1.54) is 43.0 Å². The Hall–Kier alpha value is -2.21. The van der Waals surface area contributed by atoms with Crippen LogP contribution >= 0.6 is 0 Å². The van der Waals surface area contributed by atoms with Crippen LogP contribution in [-0.2, 0) is 16.1 Å². The Kier molecular flexibility index (Phi) is 6.77. The summed E-state index contributed by atoms with van der Waals surface area (Å²) in [7, 11) is 0. The molecule has 0 spiro atoms. The zero-order chi connectivity index (χ0) is 18.2. The van der Waals surface area contributed by atoms with Crippen molar-refractivity contribution in [2.45, 2.75) is 57.6 Å². The minimum Gasteiger partial charge on any atom is -0.378 e. The number of carbonyl (C=O) groups excluding carboxylic acids is 1. The van der Waals surface area contributed by atoms with Gasteiger partial charge in [0.2, 0.25) is 5.91 Å². The zero-order valence-electron chi connectivity index (χ0n) is 15.2. The molecule has 1 aliphatic carbocycles. The summed E-state index contributed by atoms with van der Waals surface area (Å²) in [5.41, 5.74) is 0.570. The van der Waals surface area contributed by atoms with Gasteiger partial charge in [-0.05, 0) is 31.4 Å². The molecule has 3 rings (SSSR count). The molecule has 1 aromatic heterocycles. The van der Waals surface area contributed by atoms with E-state index in [1.54, 1.807) is 6.07 Å². The fraction of sp³-hybridized carbons (Fsp3) is 0.550. The summed E-state index contributed by atoms with van der Waals surface area (Å²) in [6.45, 7) is 1.64. The van der Waals surface area contributed by atoms with E-state index in [1.807, 2.05) is 18.2 Å². The second kappa shape index (κ2) is 9.48. The molecule has 0 atom stereocenters. The highest BCUT2D eigenvalue weighted by Crippen LogP contribution is 2.20. The first-order valence-electron chi connectivity index (χ1n) is 9.56. The van der Waals surface area contributed by atoms with Crippen molar-refractivity contribution in [3.05, 3.63) is 40.9 Å². The average Bonchev–Trinajstić information content (AvgIpc) is 2.68. The van der Waals surface area contributed by atoms with E-state index in [-0.39, 0.29) is 17.9 Å². The number of aromatic nitrogens is 2. The lowest BCUT2D eigenvalue weighted by molar-refractivity contribution is -0.121. The average molecular weight is 357 g/mol. The highest BCUT2D eigenvalue weighted by molar-refractivity contribution is 5.77. The third-order valence-corrected chi connectivity index (χ3v) is 4.86. The SMILES string of the molecule is O=C(CCn1cnc2ccccc2c1=O)NCCCOC1CCCCC1. The quantitative estimate of drug-likeness (QED) is 0.737. The summed E-state index contributed by atoms with van der Waals surface area (Å²) in [4.78, 5) is 28.6. The molecule has 0 aliphatic heterocycles. The molecule has 1 aliphatic rings. The number of ether oxygens (including phenoxy) is 1. The van der Waals surface area contributed by atoms with Gasteiger partial charge < -0.3 is 10.1 Å². The highest BCUT2D eigenvalue weighted by Gasteiger charge is 2.13. The third kappa shape index (κ3) is 5.14. The van der Waals surface area contributed by atoms with Crippen LogP contribution in [-0.4, -0.2) is 34.7 Å². The number of rotatable bonds is 8. The van der Waals surface area contributed by atoms with Crippen LogP contribution in [0, 0.1) is 0 Å². The maximum absolute atomic E-state index is 12.4. The number of benzene rings is 1. The Labute approximate surface area is 153 Å². The maximum Gasteiger partial charge on any atom is 0.261 e. The Morgan fingerprint density at radius 3 is 2.88 bits per heavy atom. The van der Waals surface area contributed by atoms with Crippen LogP contribution in [0.2, 0.25) is 0 Å². The topological polar surface area (TPSA) is 73.2 Å². The summed E-state index contributed by atoms with van der Waals surface area (Å²) in [5, 5.41) is 3.47. The van der Waals surface area contributed by atoms with Gasteiger partial charge in [0.05, 0.1) is 23.3 Å². The van der Waals surface area contributed by atoms with Crippen LogP contribution in [0.4, 0.5) is 0 Å². The van der Waals surface area contributed by atoms with Crippen LogP contribution < -0.4 is 10.9 Å². The Balaban J connectivity index is 1.36. The summed E-state index contributed by atoms with van der Waals surface area (Å²) in [6.07, 6.45) is 9.20. The first kappa shape index (κ1) is 18.6. The molecule has 6 nitrogen and oxygen atoms in total. The first-order valence-corrected chi connectivity index (χ1v) is 9.56. The van der Waals surface area contributed by atoms with Gasteiger partial charge >= 0.3 is 0 Å². The molecule has 0 saturated heterocycles. The Morgan fingerprint density at radius 1 is 1.23 bits per heavy atom. The van der Waals surface area contributed by atoms with Gasteiger partial charge in [-0.1, -0.05) is 31.4 Å². The number of nitrogens with zero attached hydrogens (tertiary/aromatic N) is 2. The molecule has 2 aromatic rings. The van der Waals surface area contributed by atoms with E-state index in [0.717, 1.165) is 6.42 Å². The predicted molar refractivity (Wildman–Crippen MR) is 101 cm³/mol. The molecule has 26 heavy (non-hydrogen) atoms. The summed E-state index contributed by atoms with van der Waals surface area (Å²) in [6, 6.07) is 7.24. The number of carbonyl (C=O) groups is 1. The van der Waals surface area contributed by atoms with Gasteiger partial charge in [-0.15, -0.1) is 0 Å². The molecule has 1 amide bonds. The number of hydrogen-bond donors (Lipinski definition) is 1. The Morgan fingerprint density at radius 2 is 2.04 bits per heavy atom. The summed E-state index contributed by atoms with van der Waals surface area (Å²) >= 11 is 0. The molecule has 1 aromatic carbocycles. The lowest BCUT2D eigenvalue weighted by Gasteiger charge is -2.21. The van der Waals surface area contributed by atoms with Crippen LogP contribution in [0.25, 0.3) is 10.9 Å². The normalized spacial score (nSPS) is 15.2. The summed E-state index contributed by atoms with van der Waals surface area (Å²) in [5.74, 6) is -0.0530. The van der Waals surface area contributed by atoms with Crippen LogP contribution in [0.1, 0.15) is 44.9 Å². The van der Waals surface area contributed by atoms with Crippen LogP contribution in [0.5, 0.6) is 0 Å². The number of amides is 1. The minimum absolute atomic E-state index is 0.0530. The smallest absolute Gasteiger partial charge is 0.261 e. The van der Waals surface area contributed by atoms with Gasteiger partial charge in [-0.25, -0.2) is 4.98 Å². The van der Waals surface area contributed by atoms with E-state index in [0.29, 0.717) is 36.7 Å². The maximum atomic E-state index is 12.4. The van der Waals surface area contributed by atoms with E-state index in [2.05, 4.69) is 10.3 Å². The van der Waals surface area contributed by atoms with Crippen LogP contribution in [0.15, 0.2) is 35.4 Å². The van der Waals surface area contributed by atoms with Crippen LogP contribution in [0.3, 0.4) is 0 Å². The van der Waals surface area contributed by atoms with Crippen molar-refractivity contribution in [3.63, 3.8) is 0 Å². The number of hydrogen-bond acceptors (Lipinski definition) is 4. The number of aryl methyl sites for hydroxylation is 1. The molecule has 1 fully saturated rings. The molecular weight excluding hydrogens is 330 g/mol. The van der Waals surface area contributed by atoms with Crippen molar-refractivity contribution in [3.8, 4) is 0 Å². The first-order chi connectivity index (χ1) is 12.7. The fourth-order valence-corrected chi connectivity index (χ4v) is 3.36. The highest BCUT2D eigenvalue weighted by atomic mass is 16.5. The predicted octanol–water partition coefficient (Wildman–Crippen LogP) is 2.64. The number of nitrogens with one attached hydrogen (secondary N) is 1. The molecule has 1 saturated carbocycles. The molecule has 0 radical (unpaired) electrons. The minimum atomic E-state index is -0.107. The van der Waals surface area contributed by atoms with Crippen molar-refractivity contribution in [2.24, 2.45) is 0 Å². The molecule has 1 N–H and O–H groups in total. The molecule has 1 heterocycles. The largest absolute Gasteiger partial charge is 0.378 e. The third-order valence-electron chi connectivity index (χ3n) is 4.86. The van der Waals surface area contributed by atoms with Crippen molar-refractivity contribution in [1.29, 1.82) is 0 Å². The Bertz CT molecular complexity index is 781. The lowest BCUT2D eigenvalue weighted by Crippen LogP contribution is -2.29.